The number of hydrogen-bond donors (Lipinski definition) is 6. The summed E-state index contributed by atoms with van der Waals surface area (Å²) < 4.78 is 27.2. The van der Waals surface area contributed by atoms with Crippen molar-refractivity contribution in [2.45, 2.75) is 62.2 Å². The van der Waals surface area contributed by atoms with Crippen LogP contribution in [0.3, 0.4) is 0 Å². The summed E-state index contributed by atoms with van der Waals surface area (Å²) >= 11 is 0. The van der Waals surface area contributed by atoms with Gasteiger partial charge in [-0.05, 0) is 24.6 Å². The minimum Gasteiger partial charge on any atom is -0.493 e. The van der Waals surface area contributed by atoms with Crippen molar-refractivity contribution in [2.75, 3.05) is 20.3 Å². The molecule has 0 amide bonds. The standard InChI is InChI=1S/C21H30O11/c1-3-4-10-5-6-12(13(7-10)28-2)31-21-19(27)17(25)16(24)14(32-21)9-30-20-18(26)15(23)11(22)8-29-20/h3-7,11,14-27H,8-9H2,1-2H3/b4-3+/t11-,14+,15-,16-,17-,18-,19+,20+,21+/m0/s1. The van der Waals surface area contributed by atoms with Crippen molar-refractivity contribution in [2.24, 2.45) is 0 Å². The molecule has 2 saturated heterocycles. The fourth-order valence-electron chi connectivity index (χ4n) is 3.47. The first-order valence-corrected chi connectivity index (χ1v) is 10.2. The fourth-order valence-corrected chi connectivity index (χ4v) is 3.47. The van der Waals surface area contributed by atoms with E-state index in [1.165, 1.54) is 7.11 Å². The van der Waals surface area contributed by atoms with Crippen LogP contribution in [-0.4, -0.2) is 106 Å². The minimum atomic E-state index is -1.61. The Morgan fingerprint density at radius 1 is 0.938 bits per heavy atom. The summed E-state index contributed by atoms with van der Waals surface area (Å²) in [5.74, 6) is 0.618. The molecule has 2 heterocycles. The zero-order valence-electron chi connectivity index (χ0n) is 17.7. The normalized spacial score (nSPS) is 38.1. The summed E-state index contributed by atoms with van der Waals surface area (Å²) in [5.41, 5.74) is 0.863. The fraction of sp³-hybridized carbons (Fsp3) is 0.619. The van der Waals surface area contributed by atoms with Crippen LogP contribution in [0.5, 0.6) is 11.5 Å². The Hall–Kier alpha value is -1.80. The molecule has 11 heteroatoms. The van der Waals surface area contributed by atoms with Gasteiger partial charge in [-0.1, -0.05) is 18.2 Å². The summed E-state index contributed by atoms with van der Waals surface area (Å²) in [6.07, 6.45) is -9.05. The highest BCUT2D eigenvalue weighted by Gasteiger charge is 2.46. The molecule has 0 aliphatic carbocycles. The summed E-state index contributed by atoms with van der Waals surface area (Å²) in [5, 5.41) is 60.1. The third-order valence-corrected chi connectivity index (χ3v) is 5.34. The minimum absolute atomic E-state index is 0.246. The number of benzene rings is 1. The zero-order chi connectivity index (χ0) is 23.4. The lowest BCUT2D eigenvalue weighted by atomic mass is 9.99. The smallest absolute Gasteiger partial charge is 0.229 e. The van der Waals surface area contributed by atoms with Crippen molar-refractivity contribution in [1.29, 1.82) is 0 Å². The Bertz CT molecular complexity index is 772. The number of ether oxygens (including phenoxy) is 5. The van der Waals surface area contributed by atoms with Crippen LogP contribution in [-0.2, 0) is 14.2 Å². The third kappa shape index (κ3) is 5.39. The van der Waals surface area contributed by atoms with Crippen molar-refractivity contribution in [3.63, 3.8) is 0 Å². The highest BCUT2D eigenvalue weighted by molar-refractivity contribution is 5.55. The van der Waals surface area contributed by atoms with Gasteiger partial charge in [0.05, 0.1) is 20.3 Å². The van der Waals surface area contributed by atoms with Crippen LogP contribution < -0.4 is 9.47 Å². The average molecular weight is 458 g/mol. The van der Waals surface area contributed by atoms with Crippen LogP contribution in [0.2, 0.25) is 0 Å². The highest BCUT2D eigenvalue weighted by atomic mass is 16.7. The first kappa shape index (κ1) is 24.8. The van der Waals surface area contributed by atoms with E-state index in [4.69, 9.17) is 23.7 Å². The van der Waals surface area contributed by atoms with Gasteiger partial charge in [-0.3, -0.25) is 0 Å². The van der Waals surface area contributed by atoms with Gasteiger partial charge < -0.3 is 54.3 Å². The Balaban J connectivity index is 1.68. The maximum Gasteiger partial charge on any atom is 0.229 e. The second-order valence-corrected chi connectivity index (χ2v) is 7.63. The van der Waals surface area contributed by atoms with Crippen LogP contribution in [0.4, 0.5) is 0 Å². The van der Waals surface area contributed by atoms with Crippen LogP contribution in [0.1, 0.15) is 12.5 Å². The van der Waals surface area contributed by atoms with Crippen molar-refractivity contribution < 1.29 is 54.3 Å². The van der Waals surface area contributed by atoms with E-state index in [1.807, 2.05) is 19.1 Å². The van der Waals surface area contributed by atoms with Gasteiger partial charge in [0.15, 0.2) is 17.8 Å². The summed E-state index contributed by atoms with van der Waals surface area (Å²) in [6, 6.07) is 5.10. The molecule has 2 aliphatic rings. The van der Waals surface area contributed by atoms with E-state index in [-0.39, 0.29) is 19.0 Å². The predicted molar refractivity (Wildman–Crippen MR) is 109 cm³/mol. The molecule has 180 valence electrons. The van der Waals surface area contributed by atoms with Gasteiger partial charge in [-0.25, -0.2) is 0 Å². The molecular weight excluding hydrogens is 428 g/mol. The van der Waals surface area contributed by atoms with Crippen molar-refractivity contribution in [3.05, 3.63) is 29.8 Å². The maximum atomic E-state index is 10.3. The van der Waals surface area contributed by atoms with Crippen LogP contribution in [0, 0.1) is 0 Å². The molecule has 0 bridgehead atoms. The van der Waals surface area contributed by atoms with E-state index in [2.05, 4.69) is 0 Å². The number of rotatable bonds is 7. The van der Waals surface area contributed by atoms with E-state index >= 15 is 0 Å². The molecule has 32 heavy (non-hydrogen) atoms. The van der Waals surface area contributed by atoms with Crippen molar-refractivity contribution in [1.82, 2.24) is 0 Å². The SMILES string of the molecule is C/C=C/c1ccc(O[C@@H]2O[C@H](CO[C@H]3OC[C@H](O)[C@H](O)[C@@H]3O)[C@H](O)[C@H](O)[C@H]2O)c(OC)c1. The Labute approximate surface area is 185 Å². The van der Waals surface area contributed by atoms with Gasteiger partial charge in [0.25, 0.3) is 0 Å². The average Bonchev–Trinajstić information content (AvgIpc) is 2.79. The summed E-state index contributed by atoms with van der Waals surface area (Å²) in [7, 11) is 1.45. The molecular formula is C21H30O11. The molecule has 3 rings (SSSR count). The molecule has 0 unspecified atom stereocenters. The molecule has 11 nitrogen and oxygen atoms in total. The second-order valence-electron chi connectivity index (χ2n) is 7.63. The molecule has 6 N–H and O–H groups in total. The molecule has 0 spiro atoms. The lowest BCUT2D eigenvalue weighted by Crippen LogP contribution is -2.61. The highest BCUT2D eigenvalue weighted by Crippen LogP contribution is 2.32. The van der Waals surface area contributed by atoms with Gasteiger partial charge in [-0.15, -0.1) is 0 Å². The first-order chi connectivity index (χ1) is 15.3. The van der Waals surface area contributed by atoms with Crippen LogP contribution in [0.15, 0.2) is 24.3 Å². The lowest BCUT2D eigenvalue weighted by Gasteiger charge is -2.41. The molecule has 0 radical (unpaired) electrons. The maximum absolute atomic E-state index is 10.3. The van der Waals surface area contributed by atoms with E-state index in [0.717, 1.165) is 5.56 Å². The van der Waals surface area contributed by atoms with Crippen LogP contribution >= 0.6 is 0 Å². The number of hydrogen-bond acceptors (Lipinski definition) is 11. The number of aliphatic hydroxyl groups is 6. The van der Waals surface area contributed by atoms with Crippen molar-refractivity contribution in [3.8, 4) is 11.5 Å². The Kier molecular flexibility index (Phi) is 8.44. The quantitative estimate of drug-likeness (QED) is 0.278. The van der Waals surface area contributed by atoms with Gasteiger partial charge in [-0.2, -0.15) is 0 Å². The molecule has 2 fully saturated rings. The molecule has 9 atom stereocenters. The number of aliphatic hydroxyl groups excluding tert-OH is 6. The predicted octanol–water partition coefficient (Wildman–Crippen LogP) is -1.63. The van der Waals surface area contributed by atoms with Crippen LogP contribution in [0.25, 0.3) is 6.08 Å². The molecule has 0 saturated carbocycles. The van der Waals surface area contributed by atoms with Gasteiger partial charge in [0.1, 0.15) is 42.7 Å². The topological polar surface area (TPSA) is 168 Å². The zero-order valence-corrected chi connectivity index (χ0v) is 17.7. The third-order valence-electron chi connectivity index (χ3n) is 5.34. The van der Waals surface area contributed by atoms with E-state index in [9.17, 15) is 30.6 Å². The number of methoxy groups -OCH3 is 1. The molecule has 0 aromatic heterocycles. The summed E-state index contributed by atoms with van der Waals surface area (Å²) in [6.45, 7) is 1.25. The molecule has 1 aromatic carbocycles. The van der Waals surface area contributed by atoms with Gasteiger partial charge >= 0.3 is 0 Å². The Morgan fingerprint density at radius 3 is 2.34 bits per heavy atom. The largest absolute Gasteiger partial charge is 0.493 e. The second kappa shape index (κ2) is 10.9. The lowest BCUT2D eigenvalue weighted by molar-refractivity contribution is -0.307. The molecule has 1 aromatic rings. The van der Waals surface area contributed by atoms with E-state index < -0.39 is 55.3 Å². The Morgan fingerprint density at radius 2 is 1.66 bits per heavy atom. The van der Waals surface area contributed by atoms with Gasteiger partial charge in [0.2, 0.25) is 6.29 Å². The van der Waals surface area contributed by atoms with Gasteiger partial charge in [0, 0.05) is 0 Å². The summed E-state index contributed by atoms with van der Waals surface area (Å²) in [4.78, 5) is 0. The molecule has 2 aliphatic heterocycles. The van der Waals surface area contributed by atoms with Crippen molar-refractivity contribution >= 4 is 6.08 Å². The van der Waals surface area contributed by atoms with E-state index in [1.54, 1.807) is 18.2 Å². The first-order valence-electron chi connectivity index (χ1n) is 10.2. The number of allylic oxidation sites excluding steroid dienone is 1. The monoisotopic (exact) mass is 458 g/mol. The van der Waals surface area contributed by atoms with E-state index in [0.29, 0.717) is 5.75 Å².